The average Bonchev–Trinajstić information content (AvgIpc) is 2.38. The number of likely N-dealkylation sites (tertiary alicyclic amines) is 1. The first-order valence-corrected chi connectivity index (χ1v) is 6.59. The Morgan fingerprint density at radius 1 is 1.47 bits per heavy atom. The molecule has 3 N–H and O–H groups in total. The molecule has 2 atom stereocenters. The van der Waals surface area contributed by atoms with Crippen LogP contribution in [-0.2, 0) is 4.79 Å². The normalized spacial score (nSPS) is 29.6. The lowest BCUT2D eigenvalue weighted by Gasteiger charge is -2.31. The quantitative estimate of drug-likeness (QED) is 0.783. The van der Waals surface area contributed by atoms with Gasteiger partial charge in [0.1, 0.15) is 0 Å². The van der Waals surface area contributed by atoms with Crippen molar-refractivity contribution in [3.63, 3.8) is 0 Å². The van der Waals surface area contributed by atoms with Gasteiger partial charge in [0.2, 0.25) is 5.91 Å². The van der Waals surface area contributed by atoms with E-state index in [2.05, 4.69) is 0 Å². The van der Waals surface area contributed by atoms with Gasteiger partial charge in [-0.25, -0.2) is 0 Å². The highest BCUT2D eigenvalue weighted by molar-refractivity contribution is 5.85. The van der Waals surface area contributed by atoms with Crippen LogP contribution in [0.2, 0.25) is 0 Å². The minimum absolute atomic E-state index is 0.0250. The molecule has 0 radical (unpaired) electrons. The number of aliphatic hydroxyl groups is 1. The predicted molar refractivity (Wildman–Crippen MR) is 68.6 cm³/mol. The molecule has 100 valence electrons. The molecule has 1 heterocycles. The number of carbonyl (C=O) groups is 1. The second kappa shape index (κ2) is 5.36. The third kappa shape index (κ3) is 3.96. The molecule has 0 spiro atoms. The maximum atomic E-state index is 12.3. The molecule has 17 heavy (non-hydrogen) atoms. The first-order valence-electron chi connectivity index (χ1n) is 6.59. The molecule has 1 saturated heterocycles. The Morgan fingerprint density at radius 3 is 2.71 bits per heavy atom. The average molecular weight is 242 g/mol. The highest BCUT2D eigenvalue weighted by atomic mass is 16.3. The summed E-state index contributed by atoms with van der Waals surface area (Å²) in [5, 5.41) is 9.99. The third-order valence-corrected chi connectivity index (χ3v) is 3.61. The number of hydrogen-bond acceptors (Lipinski definition) is 3. The molecule has 0 saturated carbocycles. The summed E-state index contributed by atoms with van der Waals surface area (Å²) in [4.78, 5) is 14.1. The molecule has 0 aromatic heterocycles. The highest BCUT2D eigenvalue weighted by Crippen LogP contribution is 2.23. The molecule has 4 nitrogen and oxygen atoms in total. The van der Waals surface area contributed by atoms with Crippen LogP contribution < -0.4 is 5.73 Å². The number of nitrogens with two attached hydrogens (primary N) is 1. The number of amides is 1. The van der Waals surface area contributed by atoms with Crippen LogP contribution in [0.4, 0.5) is 0 Å². The smallest absolute Gasteiger partial charge is 0.242 e. The second-order valence-electron chi connectivity index (χ2n) is 5.81. The van der Waals surface area contributed by atoms with Gasteiger partial charge >= 0.3 is 0 Å². The van der Waals surface area contributed by atoms with E-state index in [0.717, 1.165) is 19.3 Å². The number of hydrogen-bond donors (Lipinski definition) is 2. The van der Waals surface area contributed by atoms with Crippen LogP contribution in [0.3, 0.4) is 0 Å². The number of rotatable bonds is 3. The molecular weight excluding hydrogens is 216 g/mol. The molecule has 1 amide bonds. The first kappa shape index (κ1) is 14.5. The molecule has 1 fully saturated rings. The van der Waals surface area contributed by atoms with Crippen molar-refractivity contribution in [1.29, 1.82) is 0 Å². The second-order valence-corrected chi connectivity index (χ2v) is 5.81. The Kier molecular flexibility index (Phi) is 4.55. The molecule has 2 unspecified atom stereocenters. The van der Waals surface area contributed by atoms with E-state index in [4.69, 9.17) is 5.73 Å². The van der Waals surface area contributed by atoms with E-state index in [9.17, 15) is 9.90 Å². The summed E-state index contributed by atoms with van der Waals surface area (Å²) >= 11 is 0. The molecule has 4 heteroatoms. The minimum atomic E-state index is -0.759. The largest absolute Gasteiger partial charge is 0.390 e. The van der Waals surface area contributed by atoms with Gasteiger partial charge in [0.25, 0.3) is 0 Å². The summed E-state index contributed by atoms with van der Waals surface area (Å²) in [6.45, 7) is 7.01. The molecule has 1 rings (SSSR count). The van der Waals surface area contributed by atoms with Crippen molar-refractivity contribution in [3.05, 3.63) is 0 Å². The van der Waals surface area contributed by atoms with Crippen LogP contribution in [-0.4, -0.2) is 40.1 Å². The van der Waals surface area contributed by atoms with E-state index >= 15 is 0 Å². The summed E-state index contributed by atoms with van der Waals surface area (Å²) in [7, 11) is 0. The molecule has 0 aromatic rings. The van der Waals surface area contributed by atoms with Gasteiger partial charge in [-0.2, -0.15) is 0 Å². The molecule has 0 aromatic carbocycles. The van der Waals surface area contributed by atoms with Gasteiger partial charge in [0.05, 0.1) is 11.1 Å². The van der Waals surface area contributed by atoms with E-state index in [1.54, 1.807) is 0 Å². The fraction of sp³-hybridized carbons (Fsp3) is 0.923. The van der Waals surface area contributed by atoms with E-state index in [0.29, 0.717) is 25.9 Å². The Labute approximate surface area is 104 Å². The van der Waals surface area contributed by atoms with Crippen molar-refractivity contribution < 1.29 is 9.90 Å². The Bertz CT molecular complexity index is 275. The zero-order valence-electron chi connectivity index (χ0n) is 11.3. The van der Waals surface area contributed by atoms with Gasteiger partial charge in [-0.05, 0) is 39.5 Å². The monoisotopic (exact) mass is 242 g/mol. The van der Waals surface area contributed by atoms with Crippen LogP contribution in [0.25, 0.3) is 0 Å². The lowest BCUT2D eigenvalue weighted by Crippen LogP contribution is -2.53. The van der Waals surface area contributed by atoms with Crippen LogP contribution in [0, 0.1) is 0 Å². The Hall–Kier alpha value is -0.610. The van der Waals surface area contributed by atoms with Crippen molar-refractivity contribution in [2.24, 2.45) is 5.73 Å². The van der Waals surface area contributed by atoms with Gasteiger partial charge in [0.15, 0.2) is 0 Å². The summed E-state index contributed by atoms with van der Waals surface area (Å²) in [6, 6.07) is 0. The summed E-state index contributed by atoms with van der Waals surface area (Å²) in [6.07, 6.45) is 3.86. The number of carbonyl (C=O) groups excluding carboxylic acids is 1. The summed E-state index contributed by atoms with van der Waals surface area (Å²) in [5.41, 5.74) is 4.67. The van der Waals surface area contributed by atoms with E-state index < -0.39 is 11.1 Å². The van der Waals surface area contributed by atoms with Gasteiger partial charge in [-0.15, -0.1) is 0 Å². The zero-order valence-corrected chi connectivity index (χ0v) is 11.3. The molecular formula is C13H26N2O2. The van der Waals surface area contributed by atoms with Crippen LogP contribution in [0.15, 0.2) is 0 Å². The van der Waals surface area contributed by atoms with Crippen molar-refractivity contribution in [3.8, 4) is 0 Å². The van der Waals surface area contributed by atoms with Gasteiger partial charge in [-0.1, -0.05) is 13.3 Å². The predicted octanol–water partition coefficient (Wildman–Crippen LogP) is 1.27. The Morgan fingerprint density at radius 2 is 2.12 bits per heavy atom. The topological polar surface area (TPSA) is 66.6 Å². The number of nitrogens with zero attached hydrogens (tertiary/aromatic N) is 1. The van der Waals surface area contributed by atoms with E-state index in [-0.39, 0.29) is 5.91 Å². The SMILES string of the molecule is CCCC(C)(N)C(=O)N1CCCC(C)(O)CC1. The van der Waals surface area contributed by atoms with Crippen molar-refractivity contribution in [2.75, 3.05) is 13.1 Å². The van der Waals surface area contributed by atoms with E-state index in [1.807, 2.05) is 25.7 Å². The fourth-order valence-corrected chi connectivity index (χ4v) is 2.45. The van der Waals surface area contributed by atoms with Crippen LogP contribution in [0.5, 0.6) is 0 Å². The van der Waals surface area contributed by atoms with Gasteiger partial charge in [-0.3, -0.25) is 4.79 Å². The summed E-state index contributed by atoms with van der Waals surface area (Å²) < 4.78 is 0. The van der Waals surface area contributed by atoms with Crippen molar-refractivity contribution >= 4 is 5.91 Å². The fourth-order valence-electron chi connectivity index (χ4n) is 2.45. The third-order valence-electron chi connectivity index (χ3n) is 3.61. The Balaban J connectivity index is 2.64. The highest BCUT2D eigenvalue weighted by Gasteiger charge is 2.34. The minimum Gasteiger partial charge on any atom is -0.390 e. The maximum Gasteiger partial charge on any atom is 0.242 e. The molecule has 0 bridgehead atoms. The first-order chi connectivity index (χ1) is 7.78. The van der Waals surface area contributed by atoms with Gasteiger partial charge in [0, 0.05) is 13.1 Å². The summed E-state index contributed by atoms with van der Waals surface area (Å²) in [5.74, 6) is 0.0250. The zero-order chi connectivity index (χ0) is 13.1. The molecule has 0 aliphatic carbocycles. The van der Waals surface area contributed by atoms with Gasteiger partial charge < -0.3 is 15.7 Å². The standard InChI is InChI=1S/C13H26N2O2/c1-4-6-13(3,14)11(16)15-9-5-7-12(2,17)8-10-15/h17H,4-10,14H2,1-3H3. The van der Waals surface area contributed by atoms with E-state index in [1.165, 1.54) is 0 Å². The van der Waals surface area contributed by atoms with Crippen molar-refractivity contribution in [2.45, 2.75) is 64.0 Å². The lowest BCUT2D eigenvalue weighted by atomic mass is 9.95. The van der Waals surface area contributed by atoms with Crippen LogP contribution in [0.1, 0.15) is 52.9 Å². The maximum absolute atomic E-state index is 12.3. The molecule has 1 aliphatic rings. The molecule has 1 aliphatic heterocycles. The lowest BCUT2D eigenvalue weighted by molar-refractivity contribution is -0.136. The van der Waals surface area contributed by atoms with Crippen molar-refractivity contribution in [1.82, 2.24) is 4.90 Å². The van der Waals surface area contributed by atoms with Crippen LogP contribution >= 0.6 is 0 Å².